The molecule has 122 valence electrons. The van der Waals surface area contributed by atoms with Gasteiger partial charge in [0, 0.05) is 18.5 Å². The Balaban J connectivity index is 1.47. The second kappa shape index (κ2) is 6.93. The van der Waals surface area contributed by atoms with Crippen LogP contribution in [0.15, 0.2) is 24.3 Å². The van der Waals surface area contributed by atoms with E-state index in [1.165, 1.54) is 11.3 Å². The SMILES string of the molecule is C#C[C@H]1C[NH+]2CC[C@H]1C[C@@H]2COC(=O)Nc1ccc(OC)cc1. The first-order valence-electron chi connectivity index (χ1n) is 8.08. The van der Waals surface area contributed by atoms with Crippen LogP contribution in [0.2, 0.25) is 0 Å². The third kappa shape index (κ3) is 3.59. The number of terminal acetylenes is 1. The first-order valence-corrected chi connectivity index (χ1v) is 8.08. The zero-order chi connectivity index (χ0) is 16.2. The normalized spacial score (nSPS) is 28.7. The zero-order valence-corrected chi connectivity index (χ0v) is 13.4. The molecule has 0 saturated carbocycles. The molecule has 3 heterocycles. The van der Waals surface area contributed by atoms with Crippen LogP contribution in [0.4, 0.5) is 10.5 Å². The highest BCUT2D eigenvalue weighted by Gasteiger charge is 2.43. The van der Waals surface area contributed by atoms with Gasteiger partial charge in [-0.25, -0.2) is 4.79 Å². The molecule has 0 radical (unpaired) electrons. The molecular formula is C18H23N2O3+. The molecule has 1 aromatic rings. The number of piperidine rings is 3. The van der Waals surface area contributed by atoms with Crippen molar-refractivity contribution in [1.82, 2.24) is 0 Å². The molecule has 3 fully saturated rings. The molecule has 2 N–H and O–H groups in total. The fourth-order valence-corrected chi connectivity index (χ4v) is 3.69. The summed E-state index contributed by atoms with van der Waals surface area (Å²) in [6.07, 6.45) is 7.43. The predicted octanol–water partition coefficient (Wildman–Crippen LogP) is 1.17. The Bertz CT molecular complexity index is 593. The molecule has 4 atom stereocenters. The van der Waals surface area contributed by atoms with Crippen molar-refractivity contribution < 1.29 is 19.2 Å². The number of hydrogen-bond acceptors (Lipinski definition) is 3. The molecule has 1 amide bonds. The quantitative estimate of drug-likeness (QED) is 0.820. The number of carbonyl (C=O) groups excluding carboxylic acids is 1. The Hall–Kier alpha value is -2.19. The lowest BCUT2D eigenvalue weighted by Crippen LogP contribution is -3.20. The molecule has 3 aliphatic heterocycles. The monoisotopic (exact) mass is 315 g/mol. The summed E-state index contributed by atoms with van der Waals surface area (Å²) in [5.41, 5.74) is 0.695. The number of hydrogen-bond donors (Lipinski definition) is 2. The van der Waals surface area contributed by atoms with Crippen molar-refractivity contribution in [1.29, 1.82) is 0 Å². The number of fused-ring (bicyclic) bond motifs is 3. The van der Waals surface area contributed by atoms with Gasteiger partial charge in [0.1, 0.15) is 18.4 Å². The first kappa shape index (κ1) is 15.7. The van der Waals surface area contributed by atoms with Gasteiger partial charge in [0.2, 0.25) is 0 Å². The maximum Gasteiger partial charge on any atom is 0.411 e. The fraction of sp³-hybridized carbons (Fsp3) is 0.500. The van der Waals surface area contributed by atoms with E-state index >= 15 is 0 Å². The van der Waals surface area contributed by atoms with Crippen molar-refractivity contribution in [2.45, 2.75) is 18.9 Å². The number of methoxy groups -OCH3 is 1. The van der Waals surface area contributed by atoms with Gasteiger partial charge in [-0.1, -0.05) is 5.92 Å². The van der Waals surface area contributed by atoms with Crippen LogP contribution in [0, 0.1) is 24.2 Å². The summed E-state index contributed by atoms with van der Waals surface area (Å²) in [6.45, 7) is 2.59. The van der Waals surface area contributed by atoms with Crippen molar-refractivity contribution >= 4 is 11.8 Å². The van der Waals surface area contributed by atoms with E-state index in [-0.39, 0.29) is 0 Å². The molecule has 1 unspecified atom stereocenters. The first-order chi connectivity index (χ1) is 11.2. The van der Waals surface area contributed by atoms with Crippen molar-refractivity contribution in [2.75, 3.05) is 32.1 Å². The van der Waals surface area contributed by atoms with E-state index in [1.54, 1.807) is 31.4 Å². The van der Waals surface area contributed by atoms with Crippen molar-refractivity contribution in [3.63, 3.8) is 0 Å². The summed E-state index contributed by atoms with van der Waals surface area (Å²) >= 11 is 0. The molecule has 0 aromatic heterocycles. The Morgan fingerprint density at radius 2 is 2.22 bits per heavy atom. The van der Waals surface area contributed by atoms with Crippen LogP contribution < -0.4 is 15.0 Å². The highest BCUT2D eigenvalue weighted by molar-refractivity contribution is 5.84. The number of ether oxygens (including phenoxy) is 2. The summed E-state index contributed by atoms with van der Waals surface area (Å²) in [7, 11) is 1.61. The van der Waals surface area contributed by atoms with Gasteiger partial charge in [-0.15, -0.1) is 6.42 Å². The van der Waals surface area contributed by atoms with Crippen LogP contribution in [0.1, 0.15) is 12.8 Å². The van der Waals surface area contributed by atoms with E-state index in [0.717, 1.165) is 25.3 Å². The molecule has 3 aliphatic rings. The molecule has 5 nitrogen and oxygen atoms in total. The number of benzene rings is 1. The molecular weight excluding hydrogens is 292 g/mol. The second-order valence-electron chi connectivity index (χ2n) is 6.32. The smallest absolute Gasteiger partial charge is 0.411 e. The number of rotatable bonds is 4. The molecule has 0 spiro atoms. The summed E-state index contributed by atoms with van der Waals surface area (Å²) in [5.74, 6) is 4.65. The van der Waals surface area contributed by atoms with Gasteiger partial charge in [0.15, 0.2) is 0 Å². The highest BCUT2D eigenvalue weighted by Crippen LogP contribution is 2.26. The van der Waals surface area contributed by atoms with Gasteiger partial charge in [0.05, 0.1) is 26.1 Å². The summed E-state index contributed by atoms with van der Waals surface area (Å²) in [5, 5.41) is 2.74. The van der Waals surface area contributed by atoms with Crippen LogP contribution in [0.3, 0.4) is 0 Å². The Labute approximate surface area is 136 Å². The predicted molar refractivity (Wildman–Crippen MR) is 87.5 cm³/mol. The van der Waals surface area contributed by atoms with Crippen LogP contribution in [-0.4, -0.2) is 38.9 Å². The fourth-order valence-electron chi connectivity index (χ4n) is 3.69. The largest absolute Gasteiger partial charge is 0.497 e. The molecule has 5 heteroatoms. The summed E-state index contributed by atoms with van der Waals surface area (Å²) in [6, 6.07) is 7.54. The number of amides is 1. The number of quaternary nitrogens is 1. The number of anilines is 1. The Morgan fingerprint density at radius 3 is 2.83 bits per heavy atom. The van der Waals surface area contributed by atoms with E-state index < -0.39 is 6.09 Å². The van der Waals surface area contributed by atoms with Crippen LogP contribution in [0.5, 0.6) is 5.75 Å². The standard InChI is InChI=1S/C18H22N2O3/c1-3-13-11-20-9-8-14(13)10-16(20)12-23-18(21)19-15-4-6-17(22-2)7-5-15/h1,4-7,13-14,16H,8-12H2,2H3,(H,19,21)/p+1/t13-,14-,16+/m0/s1. The van der Waals surface area contributed by atoms with Crippen LogP contribution >= 0.6 is 0 Å². The van der Waals surface area contributed by atoms with Gasteiger partial charge in [-0.05, 0) is 30.2 Å². The topological polar surface area (TPSA) is 52.0 Å². The average molecular weight is 315 g/mol. The minimum Gasteiger partial charge on any atom is -0.497 e. The molecule has 0 aliphatic carbocycles. The lowest BCUT2D eigenvalue weighted by atomic mass is 9.76. The van der Waals surface area contributed by atoms with Gasteiger partial charge in [-0.3, -0.25) is 5.32 Å². The highest BCUT2D eigenvalue weighted by atomic mass is 16.5. The van der Waals surface area contributed by atoms with E-state index in [0.29, 0.717) is 30.2 Å². The van der Waals surface area contributed by atoms with E-state index in [2.05, 4.69) is 11.2 Å². The third-order valence-electron chi connectivity index (χ3n) is 5.02. The van der Waals surface area contributed by atoms with E-state index in [9.17, 15) is 4.79 Å². The summed E-state index contributed by atoms with van der Waals surface area (Å²) < 4.78 is 10.5. The van der Waals surface area contributed by atoms with Gasteiger partial charge in [0.25, 0.3) is 0 Å². The van der Waals surface area contributed by atoms with E-state index in [1.807, 2.05) is 0 Å². The maximum absolute atomic E-state index is 11.9. The van der Waals surface area contributed by atoms with E-state index in [4.69, 9.17) is 15.9 Å². The van der Waals surface area contributed by atoms with Gasteiger partial charge < -0.3 is 14.4 Å². The maximum atomic E-state index is 11.9. The van der Waals surface area contributed by atoms with Crippen molar-refractivity contribution in [3.05, 3.63) is 24.3 Å². The Morgan fingerprint density at radius 1 is 1.43 bits per heavy atom. The average Bonchev–Trinajstić information content (AvgIpc) is 2.61. The molecule has 1 aromatic carbocycles. The number of nitrogens with one attached hydrogen (secondary N) is 2. The number of carbonyl (C=O) groups is 1. The van der Waals surface area contributed by atoms with Crippen LogP contribution in [0.25, 0.3) is 0 Å². The zero-order valence-electron chi connectivity index (χ0n) is 13.4. The molecule has 2 bridgehead atoms. The summed E-state index contributed by atoms with van der Waals surface area (Å²) in [4.78, 5) is 13.4. The minimum atomic E-state index is -0.411. The lowest BCUT2D eigenvalue weighted by molar-refractivity contribution is -0.945. The molecule has 4 rings (SSSR count). The van der Waals surface area contributed by atoms with Crippen LogP contribution in [-0.2, 0) is 4.74 Å². The minimum absolute atomic E-state index is 0.375. The third-order valence-corrected chi connectivity index (χ3v) is 5.02. The lowest BCUT2D eigenvalue weighted by Gasteiger charge is -2.44. The second-order valence-corrected chi connectivity index (χ2v) is 6.32. The van der Waals surface area contributed by atoms with Crippen molar-refractivity contribution in [3.8, 4) is 18.1 Å². The van der Waals surface area contributed by atoms with Crippen molar-refractivity contribution in [2.24, 2.45) is 11.8 Å². The van der Waals surface area contributed by atoms with Gasteiger partial charge in [-0.2, -0.15) is 0 Å². The molecule has 23 heavy (non-hydrogen) atoms. The Kier molecular flexibility index (Phi) is 4.73. The van der Waals surface area contributed by atoms with Gasteiger partial charge >= 0.3 is 6.09 Å². The molecule has 3 saturated heterocycles.